The topological polar surface area (TPSA) is 20.3 Å². The van der Waals surface area contributed by atoms with Gasteiger partial charge in [-0.05, 0) is 29.8 Å². The van der Waals surface area contributed by atoms with Gasteiger partial charge < -0.3 is 0 Å². The third-order valence-electron chi connectivity index (χ3n) is 3.66. The zero-order chi connectivity index (χ0) is 15.5. The van der Waals surface area contributed by atoms with Crippen LogP contribution in [0.25, 0.3) is 0 Å². The highest BCUT2D eigenvalue weighted by atomic mass is 35.5. The summed E-state index contributed by atoms with van der Waals surface area (Å²) < 4.78 is 0. The lowest BCUT2D eigenvalue weighted by molar-refractivity contribution is 0.103. The van der Waals surface area contributed by atoms with E-state index >= 15 is 0 Å². The van der Waals surface area contributed by atoms with Crippen LogP contribution in [0.4, 0.5) is 0 Å². The van der Waals surface area contributed by atoms with Crippen molar-refractivity contribution in [2.45, 2.75) is 6.54 Å². The van der Waals surface area contributed by atoms with Crippen molar-refractivity contribution < 1.29 is 4.79 Å². The number of hydrogen-bond acceptors (Lipinski definition) is 2. The van der Waals surface area contributed by atoms with Crippen LogP contribution in [0.5, 0.6) is 0 Å². The van der Waals surface area contributed by atoms with Crippen molar-refractivity contribution in [3.8, 4) is 0 Å². The van der Waals surface area contributed by atoms with Gasteiger partial charge in [0.15, 0.2) is 5.78 Å². The fraction of sp³-hybridized carbons (Fsp3) is 0.167. The molecule has 2 aromatic carbocycles. The maximum atomic E-state index is 12.6. The third-order valence-corrected chi connectivity index (χ3v) is 4.21. The molecule has 0 radical (unpaired) electrons. The van der Waals surface area contributed by atoms with Crippen LogP contribution in [0, 0.1) is 0 Å². The van der Waals surface area contributed by atoms with Gasteiger partial charge in [-0.15, -0.1) is 0 Å². The summed E-state index contributed by atoms with van der Waals surface area (Å²) in [6.45, 7) is 2.75. The fourth-order valence-corrected chi connectivity index (χ4v) is 3.04. The molecule has 0 N–H and O–H groups in total. The molecule has 0 aliphatic carbocycles. The molecule has 0 saturated carbocycles. The van der Waals surface area contributed by atoms with Crippen LogP contribution < -0.4 is 0 Å². The van der Waals surface area contributed by atoms with E-state index in [9.17, 15) is 4.79 Å². The van der Waals surface area contributed by atoms with Crippen molar-refractivity contribution in [3.05, 3.63) is 81.4 Å². The molecule has 2 nitrogen and oxygen atoms in total. The van der Waals surface area contributed by atoms with Crippen molar-refractivity contribution in [2.75, 3.05) is 13.1 Å². The zero-order valence-electron chi connectivity index (χ0n) is 11.9. The largest absolute Gasteiger partial charge is 0.292 e. The molecule has 4 heteroatoms. The van der Waals surface area contributed by atoms with Crippen LogP contribution in [0.2, 0.25) is 10.0 Å². The van der Waals surface area contributed by atoms with Gasteiger partial charge in [0.25, 0.3) is 0 Å². The first kappa shape index (κ1) is 15.3. The van der Waals surface area contributed by atoms with Gasteiger partial charge >= 0.3 is 0 Å². The van der Waals surface area contributed by atoms with Crippen LogP contribution in [0.15, 0.2) is 54.6 Å². The molecule has 1 aliphatic rings. The quantitative estimate of drug-likeness (QED) is 0.603. The van der Waals surface area contributed by atoms with Crippen LogP contribution >= 0.6 is 23.2 Å². The summed E-state index contributed by atoms with van der Waals surface area (Å²) in [6.07, 6.45) is 4.31. The zero-order valence-corrected chi connectivity index (χ0v) is 13.4. The highest BCUT2D eigenvalue weighted by molar-refractivity contribution is 6.37. The Bertz CT molecular complexity index is 732. The first-order chi connectivity index (χ1) is 10.6. The van der Waals surface area contributed by atoms with Gasteiger partial charge in [-0.25, -0.2) is 0 Å². The number of rotatable bonds is 4. The third kappa shape index (κ3) is 3.41. The highest BCUT2D eigenvalue weighted by Gasteiger charge is 2.14. The van der Waals surface area contributed by atoms with Crippen molar-refractivity contribution in [1.82, 2.24) is 4.90 Å². The van der Waals surface area contributed by atoms with E-state index in [0.29, 0.717) is 21.2 Å². The molecule has 1 heterocycles. The Balaban J connectivity index is 1.83. The fourth-order valence-electron chi connectivity index (χ4n) is 2.55. The monoisotopic (exact) mass is 331 g/mol. The molecular weight excluding hydrogens is 317 g/mol. The lowest BCUT2D eigenvalue weighted by Gasteiger charge is -2.15. The molecule has 2 aromatic rings. The first-order valence-electron chi connectivity index (χ1n) is 7.09. The van der Waals surface area contributed by atoms with Crippen LogP contribution in [0.1, 0.15) is 21.5 Å². The van der Waals surface area contributed by atoms with Gasteiger partial charge in [0, 0.05) is 35.8 Å². The van der Waals surface area contributed by atoms with E-state index in [-0.39, 0.29) is 5.78 Å². The summed E-state index contributed by atoms with van der Waals surface area (Å²) in [6, 6.07) is 12.7. The van der Waals surface area contributed by atoms with Crippen LogP contribution in [-0.4, -0.2) is 23.8 Å². The molecule has 0 bridgehead atoms. The Morgan fingerprint density at radius 1 is 1.05 bits per heavy atom. The predicted molar refractivity (Wildman–Crippen MR) is 90.8 cm³/mol. The Kier molecular flexibility index (Phi) is 4.63. The van der Waals surface area contributed by atoms with Crippen molar-refractivity contribution in [3.63, 3.8) is 0 Å². The summed E-state index contributed by atoms with van der Waals surface area (Å²) in [4.78, 5) is 14.9. The van der Waals surface area contributed by atoms with Gasteiger partial charge in [-0.2, -0.15) is 0 Å². The second-order valence-electron chi connectivity index (χ2n) is 5.32. The lowest BCUT2D eigenvalue weighted by atomic mass is 10.0. The van der Waals surface area contributed by atoms with E-state index in [1.807, 2.05) is 24.3 Å². The molecule has 1 aliphatic heterocycles. The number of nitrogens with zero attached hydrogens (tertiary/aromatic N) is 1. The normalized spacial score (nSPS) is 14.5. The van der Waals surface area contributed by atoms with Gasteiger partial charge in [0.1, 0.15) is 0 Å². The number of halogens is 2. The number of hydrogen-bond donors (Lipinski definition) is 0. The second-order valence-corrected chi connectivity index (χ2v) is 6.16. The average Bonchev–Trinajstić information content (AvgIpc) is 3.00. The predicted octanol–water partition coefficient (Wildman–Crippen LogP) is 4.60. The molecule has 0 aromatic heterocycles. The Morgan fingerprint density at radius 3 is 2.55 bits per heavy atom. The van der Waals surface area contributed by atoms with Crippen LogP contribution in [0.3, 0.4) is 0 Å². The molecule has 0 spiro atoms. The minimum atomic E-state index is -0.0805. The van der Waals surface area contributed by atoms with Gasteiger partial charge in [0.2, 0.25) is 0 Å². The van der Waals surface area contributed by atoms with Crippen molar-refractivity contribution in [1.29, 1.82) is 0 Å². The van der Waals surface area contributed by atoms with Gasteiger partial charge in [0.05, 0.1) is 5.02 Å². The molecule has 0 atom stereocenters. The van der Waals surface area contributed by atoms with Crippen molar-refractivity contribution >= 4 is 29.0 Å². The minimum absolute atomic E-state index is 0.0805. The Morgan fingerprint density at radius 2 is 1.82 bits per heavy atom. The Hall–Kier alpha value is -1.61. The highest BCUT2D eigenvalue weighted by Crippen LogP contribution is 2.24. The van der Waals surface area contributed by atoms with E-state index in [1.54, 1.807) is 18.2 Å². The van der Waals surface area contributed by atoms with Crippen molar-refractivity contribution in [2.24, 2.45) is 0 Å². The summed E-state index contributed by atoms with van der Waals surface area (Å²) in [5.41, 5.74) is 2.25. The summed E-state index contributed by atoms with van der Waals surface area (Å²) >= 11 is 12.0. The maximum Gasteiger partial charge on any atom is 0.194 e. The smallest absolute Gasteiger partial charge is 0.194 e. The van der Waals surface area contributed by atoms with E-state index in [0.717, 1.165) is 25.2 Å². The number of ketones is 1. The SMILES string of the molecule is O=C(c1cccc(CN2CC=CC2)c1)c1ccc(Cl)cc1Cl. The van der Waals surface area contributed by atoms with E-state index in [2.05, 4.69) is 17.1 Å². The molecule has 0 amide bonds. The number of carbonyl (C=O) groups is 1. The minimum Gasteiger partial charge on any atom is -0.292 e. The number of carbonyl (C=O) groups excluding carboxylic acids is 1. The standard InChI is InChI=1S/C18H15Cl2NO/c19-15-6-7-16(17(20)11-15)18(22)14-5-3-4-13(10-14)12-21-8-1-2-9-21/h1-7,10-11H,8-9,12H2. The molecule has 0 unspecified atom stereocenters. The van der Waals surface area contributed by atoms with E-state index in [1.165, 1.54) is 0 Å². The van der Waals surface area contributed by atoms with Gasteiger partial charge in [-0.3, -0.25) is 9.69 Å². The summed E-state index contributed by atoms with van der Waals surface area (Å²) in [5.74, 6) is -0.0805. The molecule has 22 heavy (non-hydrogen) atoms. The number of benzene rings is 2. The van der Waals surface area contributed by atoms with Gasteiger partial charge in [-0.1, -0.05) is 53.6 Å². The Labute approximate surface area is 140 Å². The molecule has 0 fully saturated rings. The molecule has 112 valence electrons. The maximum absolute atomic E-state index is 12.6. The van der Waals surface area contributed by atoms with E-state index < -0.39 is 0 Å². The second kappa shape index (κ2) is 6.66. The summed E-state index contributed by atoms with van der Waals surface area (Å²) in [5, 5.41) is 0.906. The van der Waals surface area contributed by atoms with E-state index in [4.69, 9.17) is 23.2 Å². The average molecular weight is 332 g/mol. The summed E-state index contributed by atoms with van der Waals surface area (Å²) in [7, 11) is 0. The molecular formula is C18H15Cl2NO. The molecule has 0 saturated heterocycles. The molecule has 3 rings (SSSR count). The first-order valence-corrected chi connectivity index (χ1v) is 7.85. The van der Waals surface area contributed by atoms with Crippen LogP contribution in [-0.2, 0) is 6.54 Å². The lowest BCUT2D eigenvalue weighted by Crippen LogP contribution is -2.19.